The van der Waals surface area contributed by atoms with Crippen molar-refractivity contribution in [2.24, 2.45) is 0 Å². The lowest BCUT2D eigenvalue weighted by Crippen LogP contribution is -2.32. The molecule has 0 bridgehead atoms. The maximum atomic E-state index is 13.0. The second-order valence-electron chi connectivity index (χ2n) is 7.66. The van der Waals surface area contributed by atoms with Crippen LogP contribution < -0.4 is 4.74 Å². The highest BCUT2D eigenvalue weighted by molar-refractivity contribution is 14.1. The molecule has 1 unspecified atom stereocenters. The normalized spacial score (nSPS) is 18.1. The minimum Gasteiger partial charge on any atom is -0.507 e. The van der Waals surface area contributed by atoms with Crippen LogP contribution in [-0.4, -0.2) is 60.4 Å². The average Bonchev–Trinajstić information content (AvgIpc) is 2.99. The molecule has 1 N–H and O–H groups in total. The van der Waals surface area contributed by atoms with E-state index in [1.807, 2.05) is 50.2 Å². The molecule has 1 aliphatic rings. The molecule has 1 amide bonds. The van der Waals surface area contributed by atoms with Crippen LogP contribution in [0.3, 0.4) is 0 Å². The number of aliphatic hydroxyl groups excluding tert-OH is 1. The molecular formula is C24H27IN2O4. The summed E-state index contributed by atoms with van der Waals surface area (Å²) in [5.74, 6) is -0.825. The third kappa shape index (κ3) is 5.27. The highest BCUT2D eigenvalue weighted by atomic mass is 127. The quantitative estimate of drug-likeness (QED) is 0.240. The lowest BCUT2D eigenvalue weighted by molar-refractivity contribution is -0.139. The van der Waals surface area contributed by atoms with Crippen molar-refractivity contribution in [1.82, 2.24) is 9.80 Å². The molecule has 1 heterocycles. The second kappa shape index (κ2) is 10.3. The molecule has 0 radical (unpaired) electrons. The number of hydrogen-bond acceptors (Lipinski definition) is 5. The van der Waals surface area contributed by atoms with E-state index in [2.05, 4.69) is 22.6 Å². The minimum absolute atomic E-state index is 0.115. The fourth-order valence-electron chi connectivity index (χ4n) is 3.71. The Labute approximate surface area is 196 Å². The molecule has 6 nitrogen and oxygen atoms in total. The molecule has 0 spiro atoms. The van der Waals surface area contributed by atoms with Gasteiger partial charge in [0.1, 0.15) is 11.5 Å². The number of ether oxygens (including phenoxy) is 1. The largest absolute Gasteiger partial charge is 0.507 e. The first-order chi connectivity index (χ1) is 14.8. The Kier molecular flexibility index (Phi) is 7.72. The maximum absolute atomic E-state index is 13.0. The Morgan fingerprint density at radius 1 is 1.16 bits per heavy atom. The van der Waals surface area contributed by atoms with Crippen molar-refractivity contribution in [2.75, 3.05) is 33.8 Å². The van der Waals surface area contributed by atoms with E-state index in [-0.39, 0.29) is 11.3 Å². The van der Waals surface area contributed by atoms with Gasteiger partial charge in [0.15, 0.2) is 0 Å². The Morgan fingerprint density at radius 2 is 1.87 bits per heavy atom. The lowest BCUT2D eigenvalue weighted by Gasteiger charge is -2.26. The van der Waals surface area contributed by atoms with Gasteiger partial charge in [0, 0.05) is 15.7 Å². The molecule has 7 heteroatoms. The average molecular weight is 534 g/mol. The number of halogens is 1. The zero-order valence-electron chi connectivity index (χ0n) is 18.0. The Hall–Kier alpha value is -2.39. The third-order valence-corrected chi connectivity index (χ3v) is 5.87. The highest BCUT2D eigenvalue weighted by Crippen LogP contribution is 2.39. The number of likely N-dealkylation sites (tertiary alicyclic amines) is 1. The zero-order valence-corrected chi connectivity index (χ0v) is 20.1. The van der Waals surface area contributed by atoms with Crippen LogP contribution in [0.2, 0.25) is 0 Å². The Bertz CT molecular complexity index is 985. The zero-order chi connectivity index (χ0) is 22.5. The van der Waals surface area contributed by atoms with Gasteiger partial charge in [-0.15, -0.1) is 0 Å². The van der Waals surface area contributed by atoms with Crippen molar-refractivity contribution >= 4 is 40.0 Å². The Morgan fingerprint density at radius 3 is 2.52 bits per heavy atom. The fourth-order valence-corrected chi connectivity index (χ4v) is 4.07. The monoisotopic (exact) mass is 534 g/mol. The summed E-state index contributed by atoms with van der Waals surface area (Å²) in [6.45, 7) is 3.58. The number of rotatable bonds is 8. The van der Waals surface area contributed by atoms with Crippen LogP contribution in [0.15, 0.2) is 54.1 Å². The molecule has 1 fully saturated rings. The van der Waals surface area contributed by atoms with Gasteiger partial charge < -0.3 is 19.6 Å². The van der Waals surface area contributed by atoms with E-state index in [9.17, 15) is 14.7 Å². The second-order valence-corrected chi connectivity index (χ2v) is 8.91. The summed E-state index contributed by atoms with van der Waals surface area (Å²) in [4.78, 5) is 29.6. The molecule has 3 rings (SSSR count). The molecule has 2 aromatic rings. The van der Waals surface area contributed by atoms with Crippen LogP contribution in [0, 0.1) is 3.57 Å². The van der Waals surface area contributed by atoms with Crippen molar-refractivity contribution in [3.63, 3.8) is 0 Å². The summed E-state index contributed by atoms with van der Waals surface area (Å²) in [6.07, 6.45) is 0.723. The molecule has 31 heavy (non-hydrogen) atoms. The topological polar surface area (TPSA) is 70.1 Å². The number of hydrogen-bond donors (Lipinski definition) is 1. The fraction of sp³-hybridized carbons (Fsp3) is 0.333. The van der Waals surface area contributed by atoms with E-state index in [0.29, 0.717) is 24.5 Å². The summed E-state index contributed by atoms with van der Waals surface area (Å²) in [7, 11) is 3.94. The third-order valence-electron chi connectivity index (χ3n) is 5.15. The van der Waals surface area contributed by atoms with Gasteiger partial charge in [-0.3, -0.25) is 9.59 Å². The van der Waals surface area contributed by atoms with Gasteiger partial charge >= 0.3 is 0 Å². The minimum atomic E-state index is -0.660. The van der Waals surface area contributed by atoms with E-state index in [4.69, 9.17) is 4.74 Å². The lowest BCUT2D eigenvalue weighted by atomic mass is 9.95. The van der Waals surface area contributed by atoms with Gasteiger partial charge in [0.05, 0.1) is 18.2 Å². The van der Waals surface area contributed by atoms with Gasteiger partial charge in [0.2, 0.25) is 0 Å². The van der Waals surface area contributed by atoms with Crippen LogP contribution in [0.1, 0.15) is 30.5 Å². The molecule has 164 valence electrons. The molecule has 1 saturated heterocycles. The number of ketones is 1. The highest BCUT2D eigenvalue weighted by Gasteiger charge is 2.45. The number of carbonyl (C=O) groups is 2. The van der Waals surface area contributed by atoms with E-state index in [1.165, 1.54) is 0 Å². The van der Waals surface area contributed by atoms with Crippen molar-refractivity contribution in [1.29, 1.82) is 0 Å². The van der Waals surface area contributed by atoms with Crippen molar-refractivity contribution in [3.05, 3.63) is 68.8 Å². The molecule has 0 saturated carbocycles. The van der Waals surface area contributed by atoms with Crippen LogP contribution in [0.5, 0.6) is 5.75 Å². The number of Topliss-reactive ketones (excluding diaryl/α,β-unsaturated/α-hetero) is 1. The van der Waals surface area contributed by atoms with Crippen LogP contribution >= 0.6 is 22.6 Å². The number of aliphatic hydroxyl groups is 1. The molecule has 1 atom stereocenters. The standard InChI is InChI=1S/C24H27IN2O4/c1-4-31-19-8-5-7-17(15-19)22(28)20-21(16-9-11-18(25)12-10-16)27(24(30)23(20)29)14-6-13-26(2)3/h5,7-12,15,21,28H,4,6,13-14H2,1-3H3/b22-20+. The maximum Gasteiger partial charge on any atom is 0.295 e. The molecule has 1 aliphatic heterocycles. The van der Waals surface area contributed by atoms with Gasteiger partial charge in [-0.1, -0.05) is 24.3 Å². The van der Waals surface area contributed by atoms with Crippen LogP contribution in [0.25, 0.3) is 5.76 Å². The van der Waals surface area contributed by atoms with Crippen LogP contribution in [-0.2, 0) is 9.59 Å². The first kappa shape index (κ1) is 23.3. The molecule has 0 aromatic heterocycles. The summed E-state index contributed by atoms with van der Waals surface area (Å²) in [5.41, 5.74) is 1.37. The first-order valence-corrected chi connectivity index (χ1v) is 11.3. The molecular weight excluding hydrogens is 507 g/mol. The molecule has 2 aromatic carbocycles. The number of carbonyl (C=O) groups excluding carboxylic acids is 2. The number of benzene rings is 2. The van der Waals surface area contributed by atoms with Crippen LogP contribution in [0.4, 0.5) is 0 Å². The van der Waals surface area contributed by atoms with Gasteiger partial charge in [0.25, 0.3) is 11.7 Å². The van der Waals surface area contributed by atoms with Gasteiger partial charge in [-0.2, -0.15) is 0 Å². The van der Waals surface area contributed by atoms with Crippen molar-refractivity contribution < 1.29 is 19.4 Å². The number of amides is 1. The summed E-state index contributed by atoms with van der Waals surface area (Å²) in [5, 5.41) is 11.1. The van der Waals surface area contributed by atoms with Gasteiger partial charge in [-0.05, 0) is 86.4 Å². The van der Waals surface area contributed by atoms with Crippen molar-refractivity contribution in [3.8, 4) is 5.75 Å². The molecule has 0 aliphatic carbocycles. The summed E-state index contributed by atoms with van der Waals surface area (Å²) >= 11 is 2.21. The summed E-state index contributed by atoms with van der Waals surface area (Å²) < 4.78 is 6.58. The predicted molar refractivity (Wildman–Crippen MR) is 129 cm³/mol. The van der Waals surface area contributed by atoms with E-state index >= 15 is 0 Å². The SMILES string of the molecule is CCOc1cccc(/C(O)=C2\C(=O)C(=O)N(CCCN(C)C)C2c2ccc(I)cc2)c1. The van der Waals surface area contributed by atoms with E-state index in [0.717, 1.165) is 22.1 Å². The predicted octanol–water partition coefficient (Wildman–Crippen LogP) is 4.06. The van der Waals surface area contributed by atoms with Crippen molar-refractivity contribution in [2.45, 2.75) is 19.4 Å². The first-order valence-electron chi connectivity index (χ1n) is 10.2. The van der Waals surface area contributed by atoms with E-state index in [1.54, 1.807) is 29.2 Å². The van der Waals surface area contributed by atoms with E-state index < -0.39 is 17.7 Å². The summed E-state index contributed by atoms with van der Waals surface area (Å²) in [6, 6.07) is 14.0. The van der Waals surface area contributed by atoms with Gasteiger partial charge in [-0.25, -0.2) is 0 Å². The Balaban J connectivity index is 2.08. The smallest absolute Gasteiger partial charge is 0.295 e. The number of nitrogens with zero attached hydrogens (tertiary/aromatic N) is 2.